The van der Waals surface area contributed by atoms with Gasteiger partial charge in [-0.3, -0.25) is 19.2 Å². The summed E-state index contributed by atoms with van der Waals surface area (Å²) < 4.78 is 43.1. The van der Waals surface area contributed by atoms with Crippen molar-refractivity contribution in [1.29, 1.82) is 0 Å². The Kier molecular flexibility index (Phi) is 7.62. The number of nitrogens with zero attached hydrogens (tertiary/aromatic N) is 1. The standard InChI is InChI=1S/C14H15ClF3N3O5/c1-2-19-10(22)4-20-11(23)7-26-12(24)6-21-5-8(14(16,17)18)3-9(15)13(21)25/h3,5H,2,4,6-7H2,1H3,(H,19,22)(H,20,23). The maximum Gasteiger partial charge on any atom is 0.417 e. The van der Waals surface area contributed by atoms with Crippen molar-refractivity contribution in [1.82, 2.24) is 15.2 Å². The van der Waals surface area contributed by atoms with Gasteiger partial charge in [-0.25, -0.2) is 0 Å². The molecule has 2 N–H and O–H groups in total. The summed E-state index contributed by atoms with van der Waals surface area (Å²) in [7, 11) is 0. The number of carbonyl (C=O) groups excluding carboxylic acids is 3. The first-order valence-corrected chi connectivity index (χ1v) is 7.58. The van der Waals surface area contributed by atoms with Crippen LogP contribution in [0.4, 0.5) is 13.2 Å². The molecule has 0 aromatic carbocycles. The average molecular weight is 398 g/mol. The molecule has 0 atom stereocenters. The van der Waals surface area contributed by atoms with Crippen molar-refractivity contribution in [3.8, 4) is 0 Å². The average Bonchev–Trinajstić information content (AvgIpc) is 2.54. The minimum atomic E-state index is -4.76. The van der Waals surface area contributed by atoms with Gasteiger partial charge in [0.25, 0.3) is 11.5 Å². The number of esters is 1. The molecule has 0 aliphatic carbocycles. The third-order valence-electron chi connectivity index (χ3n) is 2.85. The molecule has 0 radical (unpaired) electrons. The predicted molar refractivity (Wildman–Crippen MR) is 83.4 cm³/mol. The van der Waals surface area contributed by atoms with E-state index in [9.17, 15) is 32.3 Å². The Balaban J connectivity index is 2.63. The first-order chi connectivity index (χ1) is 12.0. The highest BCUT2D eigenvalue weighted by atomic mass is 35.5. The van der Waals surface area contributed by atoms with Crippen LogP contribution in [-0.2, 0) is 31.8 Å². The van der Waals surface area contributed by atoms with Gasteiger partial charge in [0.05, 0.1) is 12.1 Å². The van der Waals surface area contributed by atoms with Crippen LogP contribution in [0.1, 0.15) is 12.5 Å². The van der Waals surface area contributed by atoms with Crippen molar-refractivity contribution >= 4 is 29.4 Å². The van der Waals surface area contributed by atoms with Gasteiger partial charge >= 0.3 is 12.1 Å². The lowest BCUT2D eigenvalue weighted by Crippen LogP contribution is -2.38. The van der Waals surface area contributed by atoms with Crippen LogP contribution in [0.25, 0.3) is 0 Å². The first-order valence-electron chi connectivity index (χ1n) is 7.20. The molecule has 2 amide bonds. The van der Waals surface area contributed by atoms with E-state index in [0.717, 1.165) is 0 Å². The van der Waals surface area contributed by atoms with Crippen LogP contribution in [0.3, 0.4) is 0 Å². The summed E-state index contributed by atoms with van der Waals surface area (Å²) in [5, 5.41) is 3.88. The molecule has 0 aliphatic heterocycles. The van der Waals surface area contributed by atoms with Crippen molar-refractivity contribution in [2.75, 3.05) is 19.7 Å². The van der Waals surface area contributed by atoms with Crippen molar-refractivity contribution in [2.24, 2.45) is 0 Å². The summed E-state index contributed by atoms with van der Waals surface area (Å²) in [6.07, 6.45) is -4.34. The quantitative estimate of drug-likeness (QED) is 0.644. The van der Waals surface area contributed by atoms with E-state index >= 15 is 0 Å². The molecule has 0 aliphatic rings. The van der Waals surface area contributed by atoms with Crippen LogP contribution in [0.15, 0.2) is 17.1 Å². The van der Waals surface area contributed by atoms with Crippen LogP contribution in [0, 0.1) is 0 Å². The van der Waals surface area contributed by atoms with Gasteiger partial charge in [-0.2, -0.15) is 13.2 Å². The van der Waals surface area contributed by atoms with Gasteiger partial charge in [-0.15, -0.1) is 0 Å². The van der Waals surface area contributed by atoms with E-state index in [1.165, 1.54) is 0 Å². The van der Waals surface area contributed by atoms with Gasteiger partial charge in [-0.05, 0) is 13.0 Å². The summed E-state index contributed by atoms with van der Waals surface area (Å²) in [4.78, 5) is 45.9. The summed E-state index contributed by atoms with van der Waals surface area (Å²) in [5.74, 6) is -2.37. The maximum absolute atomic E-state index is 12.7. The number of hydrogen-bond donors (Lipinski definition) is 2. The van der Waals surface area contributed by atoms with Crippen LogP contribution >= 0.6 is 11.6 Å². The molecule has 1 rings (SSSR count). The van der Waals surface area contributed by atoms with Crippen LogP contribution < -0.4 is 16.2 Å². The van der Waals surface area contributed by atoms with Crippen molar-refractivity contribution in [2.45, 2.75) is 19.6 Å². The molecular formula is C14H15ClF3N3O5. The highest BCUT2D eigenvalue weighted by Gasteiger charge is 2.32. The highest BCUT2D eigenvalue weighted by molar-refractivity contribution is 6.30. The molecule has 0 saturated heterocycles. The zero-order valence-corrected chi connectivity index (χ0v) is 14.2. The van der Waals surface area contributed by atoms with Crippen LogP contribution in [0.5, 0.6) is 0 Å². The summed E-state index contributed by atoms with van der Waals surface area (Å²) in [6.45, 7) is 0.0974. The molecule has 12 heteroatoms. The van der Waals surface area contributed by atoms with Crippen molar-refractivity contribution < 1.29 is 32.3 Å². The fourth-order valence-electron chi connectivity index (χ4n) is 1.69. The normalized spacial score (nSPS) is 11.0. The number of nitrogens with one attached hydrogen (secondary N) is 2. The summed E-state index contributed by atoms with van der Waals surface area (Å²) >= 11 is 5.45. The van der Waals surface area contributed by atoms with Gasteiger partial charge in [0, 0.05) is 12.7 Å². The number of hydrogen-bond acceptors (Lipinski definition) is 5. The number of ether oxygens (including phenoxy) is 1. The van der Waals surface area contributed by atoms with E-state index < -0.39 is 53.3 Å². The third kappa shape index (κ3) is 6.75. The van der Waals surface area contributed by atoms with Gasteiger partial charge < -0.3 is 19.9 Å². The zero-order chi connectivity index (χ0) is 19.9. The minimum absolute atomic E-state index is 0.326. The molecule has 0 unspecified atom stereocenters. The van der Waals surface area contributed by atoms with E-state index in [2.05, 4.69) is 15.4 Å². The Morgan fingerprint density at radius 3 is 2.46 bits per heavy atom. The number of pyridine rings is 1. The fraction of sp³-hybridized carbons (Fsp3) is 0.429. The molecule has 0 saturated carbocycles. The zero-order valence-electron chi connectivity index (χ0n) is 13.5. The first kappa shape index (κ1) is 21.5. The lowest BCUT2D eigenvalue weighted by Gasteiger charge is -2.11. The third-order valence-corrected chi connectivity index (χ3v) is 3.12. The number of amides is 2. The highest BCUT2D eigenvalue weighted by Crippen LogP contribution is 2.29. The van der Waals surface area contributed by atoms with Crippen LogP contribution in [-0.4, -0.2) is 42.0 Å². The van der Waals surface area contributed by atoms with E-state index in [0.29, 0.717) is 23.4 Å². The van der Waals surface area contributed by atoms with E-state index in [1.807, 2.05) is 0 Å². The number of rotatable bonds is 7. The number of alkyl halides is 3. The SMILES string of the molecule is CCNC(=O)CNC(=O)COC(=O)Cn1cc(C(F)(F)F)cc(Cl)c1=O. The lowest BCUT2D eigenvalue weighted by molar-refractivity contribution is -0.149. The summed E-state index contributed by atoms with van der Waals surface area (Å²) in [5.41, 5.74) is -2.23. The number of carbonyl (C=O) groups is 3. The molecule has 1 aromatic heterocycles. The Hall–Kier alpha value is -2.56. The predicted octanol–water partition coefficient (Wildman–Crippen LogP) is 0.316. The smallest absolute Gasteiger partial charge is 0.417 e. The lowest BCUT2D eigenvalue weighted by atomic mass is 10.2. The summed E-state index contributed by atoms with van der Waals surface area (Å²) in [6, 6.07) is 0.445. The Bertz CT molecular complexity index is 748. The monoisotopic (exact) mass is 397 g/mol. The molecule has 0 spiro atoms. The topological polar surface area (TPSA) is 106 Å². The fourth-order valence-corrected chi connectivity index (χ4v) is 1.92. The number of likely N-dealkylation sites (N-methyl/N-ethyl adjacent to an activating group) is 1. The van der Waals surface area contributed by atoms with Gasteiger partial charge in [0.1, 0.15) is 11.6 Å². The minimum Gasteiger partial charge on any atom is -0.454 e. The molecule has 26 heavy (non-hydrogen) atoms. The van der Waals surface area contributed by atoms with Crippen molar-refractivity contribution in [3.05, 3.63) is 33.2 Å². The van der Waals surface area contributed by atoms with E-state index in [-0.39, 0.29) is 6.54 Å². The Labute approximate surface area is 150 Å². The van der Waals surface area contributed by atoms with Gasteiger partial charge in [0.15, 0.2) is 6.61 Å². The molecule has 1 heterocycles. The van der Waals surface area contributed by atoms with E-state index in [4.69, 9.17) is 11.6 Å². The maximum atomic E-state index is 12.7. The molecule has 144 valence electrons. The second kappa shape index (κ2) is 9.22. The molecule has 0 bridgehead atoms. The largest absolute Gasteiger partial charge is 0.454 e. The van der Waals surface area contributed by atoms with Crippen molar-refractivity contribution in [3.63, 3.8) is 0 Å². The Morgan fingerprint density at radius 1 is 1.23 bits per heavy atom. The van der Waals surface area contributed by atoms with Crippen LogP contribution in [0.2, 0.25) is 5.02 Å². The Morgan fingerprint density at radius 2 is 1.88 bits per heavy atom. The van der Waals surface area contributed by atoms with Gasteiger partial charge in [0.2, 0.25) is 5.91 Å². The van der Waals surface area contributed by atoms with E-state index in [1.54, 1.807) is 6.92 Å². The number of halogens is 4. The molecular weight excluding hydrogens is 383 g/mol. The van der Waals surface area contributed by atoms with Gasteiger partial charge in [-0.1, -0.05) is 11.6 Å². The molecule has 8 nitrogen and oxygen atoms in total. The molecule has 0 fully saturated rings. The molecule has 1 aromatic rings. The second-order valence-corrected chi connectivity index (χ2v) is 5.31. The second-order valence-electron chi connectivity index (χ2n) is 4.90. The number of aromatic nitrogens is 1.